The van der Waals surface area contributed by atoms with Gasteiger partial charge in [-0.05, 0) is 50.5 Å². The molecule has 1 atom stereocenters. The molecule has 5 nitrogen and oxygen atoms in total. The van der Waals surface area contributed by atoms with Crippen LogP contribution in [0.4, 0.5) is 0 Å². The lowest BCUT2D eigenvalue weighted by Gasteiger charge is -2.35. The lowest BCUT2D eigenvalue weighted by atomic mass is 9.94. The second-order valence-electron chi connectivity index (χ2n) is 7.08. The zero-order valence-electron chi connectivity index (χ0n) is 15.4. The Balaban J connectivity index is 1.79. The van der Waals surface area contributed by atoms with E-state index in [1.54, 1.807) is 24.3 Å². The maximum Gasteiger partial charge on any atom is 0.175 e. The van der Waals surface area contributed by atoms with Crippen LogP contribution in [-0.2, 0) is 9.84 Å². The first-order valence-electron chi connectivity index (χ1n) is 9.21. The van der Waals surface area contributed by atoms with Gasteiger partial charge in [-0.25, -0.2) is 8.42 Å². The minimum atomic E-state index is -3.17. The van der Waals surface area contributed by atoms with Gasteiger partial charge in [-0.15, -0.1) is 0 Å². The predicted molar refractivity (Wildman–Crippen MR) is 99.8 cm³/mol. The van der Waals surface area contributed by atoms with Gasteiger partial charge in [0.1, 0.15) is 5.75 Å². The molecule has 25 heavy (non-hydrogen) atoms. The van der Waals surface area contributed by atoms with E-state index in [9.17, 15) is 13.5 Å². The van der Waals surface area contributed by atoms with E-state index in [1.165, 1.54) is 38.4 Å². The van der Waals surface area contributed by atoms with E-state index in [4.69, 9.17) is 4.74 Å². The fraction of sp³-hybridized carbons (Fsp3) is 0.684. The van der Waals surface area contributed by atoms with E-state index in [-0.39, 0.29) is 6.10 Å². The Kier molecular flexibility index (Phi) is 7.72. The lowest BCUT2D eigenvalue weighted by molar-refractivity contribution is 0.0780. The van der Waals surface area contributed by atoms with Gasteiger partial charge in [0.05, 0.1) is 17.6 Å². The monoisotopic (exact) mass is 369 g/mol. The Morgan fingerprint density at radius 2 is 1.84 bits per heavy atom. The van der Waals surface area contributed by atoms with E-state index >= 15 is 0 Å². The van der Waals surface area contributed by atoms with Crippen molar-refractivity contribution in [2.75, 3.05) is 26.0 Å². The molecule has 0 radical (unpaired) electrons. The smallest absolute Gasteiger partial charge is 0.175 e. The van der Waals surface area contributed by atoms with Crippen LogP contribution in [0.5, 0.6) is 5.75 Å². The van der Waals surface area contributed by atoms with Crippen LogP contribution >= 0.6 is 0 Å². The van der Waals surface area contributed by atoms with Crippen LogP contribution in [-0.4, -0.2) is 56.5 Å². The number of sulfone groups is 1. The number of aliphatic hydroxyl groups is 1. The molecule has 0 heterocycles. The Hall–Kier alpha value is -1.11. The number of nitrogens with zero attached hydrogens (tertiary/aromatic N) is 1. The van der Waals surface area contributed by atoms with Crippen LogP contribution in [0.15, 0.2) is 29.2 Å². The van der Waals surface area contributed by atoms with E-state index in [1.807, 2.05) is 6.92 Å². The summed E-state index contributed by atoms with van der Waals surface area (Å²) in [6, 6.07) is 7.13. The van der Waals surface area contributed by atoms with Gasteiger partial charge in [-0.1, -0.05) is 19.3 Å². The van der Waals surface area contributed by atoms with Crippen molar-refractivity contribution in [2.45, 2.75) is 62.5 Å². The van der Waals surface area contributed by atoms with Crippen molar-refractivity contribution < 1.29 is 18.3 Å². The first-order valence-corrected chi connectivity index (χ1v) is 11.1. The molecule has 0 saturated heterocycles. The number of rotatable bonds is 9. The van der Waals surface area contributed by atoms with Crippen LogP contribution in [0.1, 0.15) is 45.4 Å². The largest absolute Gasteiger partial charge is 0.494 e. The molecule has 1 unspecified atom stereocenters. The lowest BCUT2D eigenvalue weighted by Crippen LogP contribution is -2.41. The number of aliphatic hydroxyl groups excluding tert-OH is 1. The highest BCUT2D eigenvalue weighted by molar-refractivity contribution is 7.90. The Morgan fingerprint density at radius 3 is 2.40 bits per heavy atom. The zero-order chi connectivity index (χ0) is 18.3. The van der Waals surface area contributed by atoms with Gasteiger partial charge in [-0.3, -0.25) is 4.90 Å². The third-order valence-electron chi connectivity index (χ3n) is 4.70. The Bertz CT molecular complexity index is 607. The minimum absolute atomic E-state index is 0.306. The van der Waals surface area contributed by atoms with Crippen molar-refractivity contribution in [1.82, 2.24) is 4.90 Å². The summed E-state index contributed by atoms with van der Waals surface area (Å²) in [6.07, 6.45) is 8.11. The van der Waals surface area contributed by atoms with Crippen molar-refractivity contribution in [3.05, 3.63) is 24.3 Å². The van der Waals surface area contributed by atoms with Gasteiger partial charge in [0.2, 0.25) is 0 Å². The van der Waals surface area contributed by atoms with Crippen LogP contribution in [0.3, 0.4) is 0 Å². The van der Waals surface area contributed by atoms with E-state index in [0.29, 0.717) is 29.8 Å². The van der Waals surface area contributed by atoms with Gasteiger partial charge in [0.15, 0.2) is 9.84 Å². The molecule has 142 valence electrons. The molecule has 0 bridgehead atoms. The fourth-order valence-electron chi connectivity index (χ4n) is 3.45. The zero-order valence-corrected chi connectivity index (χ0v) is 16.2. The quantitative estimate of drug-likeness (QED) is 0.678. The van der Waals surface area contributed by atoms with Gasteiger partial charge in [-0.2, -0.15) is 0 Å². The van der Waals surface area contributed by atoms with Crippen molar-refractivity contribution in [1.29, 1.82) is 0 Å². The van der Waals surface area contributed by atoms with Crippen LogP contribution in [0.25, 0.3) is 0 Å². The van der Waals surface area contributed by atoms with Crippen molar-refractivity contribution in [2.24, 2.45) is 0 Å². The summed E-state index contributed by atoms with van der Waals surface area (Å²) < 4.78 is 28.6. The molecule has 2 rings (SSSR count). The SMILES string of the molecule is CC(O)CN(CCCOc1ccc(S(C)(=O)=O)cc1)C1CCCCC1. The number of ether oxygens (including phenoxy) is 1. The fourth-order valence-corrected chi connectivity index (χ4v) is 4.08. The first-order chi connectivity index (χ1) is 11.9. The highest BCUT2D eigenvalue weighted by Gasteiger charge is 2.21. The Morgan fingerprint density at radius 1 is 1.20 bits per heavy atom. The first kappa shape index (κ1) is 20.2. The summed E-state index contributed by atoms with van der Waals surface area (Å²) in [5.74, 6) is 0.687. The second-order valence-corrected chi connectivity index (χ2v) is 9.10. The molecule has 1 N–H and O–H groups in total. The Labute approximate surface area is 151 Å². The molecule has 1 aliphatic carbocycles. The summed E-state index contributed by atoms with van der Waals surface area (Å²) in [5.41, 5.74) is 0. The maximum absolute atomic E-state index is 11.5. The molecular formula is C19H31NO4S. The normalized spacial score (nSPS) is 17.6. The van der Waals surface area contributed by atoms with Crippen LogP contribution in [0.2, 0.25) is 0 Å². The molecule has 1 aliphatic rings. The number of hydrogen-bond donors (Lipinski definition) is 1. The van der Waals surface area contributed by atoms with E-state index < -0.39 is 9.84 Å². The predicted octanol–water partition coefficient (Wildman–Crippen LogP) is 2.87. The molecule has 1 aromatic carbocycles. The molecule has 6 heteroatoms. The average molecular weight is 370 g/mol. The van der Waals surface area contributed by atoms with Crippen LogP contribution in [0, 0.1) is 0 Å². The summed E-state index contributed by atoms with van der Waals surface area (Å²) >= 11 is 0. The maximum atomic E-state index is 11.5. The summed E-state index contributed by atoms with van der Waals surface area (Å²) in [4.78, 5) is 2.71. The van der Waals surface area contributed by atoms with Gasteiger partial charge in [0, 0.05) is 25.4 Å². The number of hydrogen-bond acceptors (Lipinski definition) is 5. The molecule has 0 aliphatic heterocycles. The summed E-state index contributed by atoms with van der Waals surface area (Å²) in [7, 11) is -3.17. The molecular weight excluding hydrogens is 338 g/mol. The highest BCUT2D eigenvalue weighted by Crippen LogP contribution is 2.23. The molecule has 1 aromatic rings. The van der Waals surface area contributed by atoms with Gasteiger partial charge >= 0.3 is 0 Å². The van der Waals surface area contributed by atoms with E-state index in [2.05, 4.69) is 4.90 Å². The van der Waals surface area contributed by atoms with Gasteiger partial charge in [0.25, 0.3) is 0 Å². The van der Waals surface area contributed by atoms with E-state index in [0.717, 1.165) is 13.0 Å². The van der Waals surface area contributed by atoms with Crippen molar-refractivity contribution >= 4 is 9.84 Å². The molecule has 0 spiro atoms. The summed E-state index contributed by atoms with van der Waals surface area (Å²) in [6.45, 7) is 4.06. The molecule has 0 aromatic heterocycles. The highest BCUT2D eigenvalue weighted by atomic mass is 32.2. The third kappa shape index (κ3) is 6.96. The number of benzene rings is 1. The average Bonchev–Trinajstić information content (AvgIpc) is 2.58. The van der Waals surface area contributed by atoms with Crippen molar-refractivity contribution in [3.63, 3.8) is 0 Å². The summed E-state index contributed by atoms with van der Waals surface area (Å²) in [5, 5.41) is 9.76. The second kappa shape index (κ2) is 9.55. The van der Waals surface area contributed by atoms with Crippen LogP contribution < -0.4 is 4.74 Å². The molecule has 1 saturated carbocycles. The van der Waals surface area contributed by atoms with Gasteiger partial charge < -0.3 is 9.84 Å². The molecule has 0 amide bonds. The van der Waals surface area contributed by atoms with Crippen molar-refractivity contribution in [3.8, 4) is 5.75 Å². The third-order valence-corrected chi connectivity index (χ3v) is 5.83. The standard InChI is InChI=1S/C19H31NO4S/c1-16(21)15-20(17-7-4-3-5-8-17)13-6-14-24-18-9-11-19(12-10-18)25(2,22)23/h9-12,16-17,21H,3-8,13-15H2,1-2H3. The topological polar surface area (TPSA) is 66.8 Å². The molecule has 1 fully saturated rings. The minimum Gasteiger partial charge on any atom is -0.494 e.